The smallest absolute Gasteiger partial charge is 0.338 e. The summed E-state index contributed by atoms with van der Waals surface area (Å²) in [6.45, 7) is 3.52. The van der Waals surface area contributed by atoms with Crippen molar-refractivity contribution in [1.82, 2.24) is 0 Å². The van der Waals surface area contributed by atoms with Gasteiger partial charge in [-0.05, 0) is 43.7 Å². The Hall–Kier alpha value is -2.14. The van der Waals surface area contributed by atoms with E-state index in [0.29, 0.717) is 11.3 Å². The fourth-order valence-electron chi connectivity index (χ4n) is 1.85. The first kappa shape index (κ1) is 16.2. The summed E-state index contributed by atoms with van der Waals surface area (Å²) in [5.41, 5.74) is 3.12. The maximum absolute atomic E-state index is 11.8. The fourth-order valence-corrected chi connectivity index (χ4v) is 2.23. The topological polar surface area (TPSA) is 55.4 Å². The molecule has 2 aromatic carbocycles. The molecule has 1 amide bonds. The van der Waals surface area contributed by atoms with Crippen molar-refractivity contribution in [2.45, 2.75) is 13.8 Å². The summed E-state index contributed by atoms with van der Waals surface area (Å²) in [4.78, 5) is 23.7. The van der Waals surface area contributed by atoms with E-state index in [2.05, 4.69) is 21.2 Å². The summed E-state index contributed by atoms with van der Waals surface area (Å²) in [5, 5.41) is 2.68. The largest absolute Gasteiger partial charge is 0.452 e. The van der Waals surface area contributed by atoms with E-state index in [4.69, 9.17) is 4.74 Å². The zero-order valence-corrected chi connectivity index (χ0v) is 13.9. The summed E-state index contributed by atoms with van der Waals surface area (Å²) in [7, 11) is 0. The number of esters is 1. The van der Waals surface area contributed by atoms with Crippen molar-refractivity contribution in [2.75, 3.05) is 11.9 Å². The highest BCUT2D eigenvalue weighted by molar-refractivity contribution is 9.10. The lowest BCUT2D eigenvalue weighted by molar-refractivity contribution is -0.119. The van der Waals surface area contributed by atoms with Crippen LogP contribution in [0.5, 0.6) is 0 Å². The van der Waals surface area contributed by atoms with E-state index in [1.807, 2.05) is 26.0 Å². The number of rotatable bonds is 4. The minimum absolute atomic E-state index is 0.321. The SMILES string of the molecule is Cc1cccc(C(=O)OCC(=O)Nc2ccc(C)c(Br)c2)c1. The van der Waals surface area contributed by atoms with Crippen LogP contribution in [0.4, 0.5) is 5.69 Å². The minimum atomic E-state index is -0.510. The monoisotopic (exact) mass is 361 g/mol. The molecule has 0 aliphatic heterocycles. The average molecular weight is 362 g/mol. The van der Waals surface area contributed by atoms with Crippen LogP contribution in [0, 0.1) is 13.8 Å². The number of benzene rings is 2. The highest BCUT2D eigenvalue weighted by Crippen LogP contribution is 2.20. The molecule has 0 saturated carbocycles. The van der Waals surface area contributed by atoms with Crippen molar-refractivity contribution in [3.05, 3.63) is 63.6 Å². The van der Waals surface area contributed by atoms with Crippen LogP contribution in [0.15, 0.2) is 46.9 Å². The predicted octanol–water partition coefficient (Wildman–Crippen LogP) is 3.86. The molecule has 0 unspecified atom stereocenters. The zero-order valence-electron chi connectivity index (χ0n) is 12.4. The van der Waals surface area contributed by atoms with E-state index in [9.17, 15) is 9.59 Å². The van der Waals surface area contributed by atoms with Gasteiger partial charge in [0.1, 0.15) is 0 Å². The van der Waals surface area contributed by atoms with Crippen molar-refractivity contribution in [2.24, 2.45) is 0 Å². The molecule has 4 nitrogen and oxygen atoms in total. The Bertz CT molecular complexity index is 713. The molecule has 0 aliphatic carbocycles. The second-order valence-corrected chi connectivity index (χ2v) is 5.81. The Morgan fingerprint density at radius 2 is 1.91 bits per heavy atom. The van der Waals surface area contributed by atoms with Crippen LogP contribution in [0.25, 0.3) is 0 Å². The highest BCUT2D eigenvalue weighted by Gasteiger charge is 2.10. The predicted molar refractivity (Wildman–Crippen MR) is 89.0 cm³/mol. The van der Waals surface area contributed by atoms with Crippen LogP contribution >= 0.6 is 15.9 Å². The Balaban J connectivity index is 1.90. The molecule has 0 bridgehead atoms. The van der Waals surface area contributed by atoms with Gasteiger partial charge in [0.05, 0.1) is 5.56 Å². The van der Waals surface area contributed by atoms with Gasteiger partial charge in [0.15, 0.2) is 6.61 Å². The number of aryl methyl sites for hydroxylation is 2. The molecular weight excluding hydrogens is 346 g/mol. The average Bonchev–Trinajstić information content (AvgIpc) is 2.48. The van der Waals surface area contributed by atoms with Gasteiger partial charge in [-0.1, -0.05) is 39.7 Å². The maximum Gasteiger partial charge on any atom is 0.338 e. The van der Waals surface area contributed by atoms with Crippen molar-refractivity contribution in [3.63, 3.8) is 0 Å². The summed E-state index contributed by atoms with van der Waals surface area (Å²) in [6, 6.07) is 12.5. The molecule has 0 spiro atoms. The molecule has 0 saturated heterocycles. The molecular formula is C17H16BrNO3. The lowest BCUT2D eigenvalue weighted by atomic mass is 10.1. The third-order valence-corrected chi connectivity index (χ3v) is 3.90. The van der Waals surface area contributed by atoms with Gasteiger partial charge in [-0.15, -0.1) is 0 Å². The van der Waals surface area contributed by atoms with E-state index >= 15 is 0 Å². The van der Waals surface area contributed by atoms with Crippen LogP contribution in [-0.2, 0) is 9.53 Å². The minimum Gasteiger partial charge on any atom is -0.452 e. The molecule has 0 radical (unpaired) electrons. The van der Waals surface area contributed by atoms with Crippen molar-refractivity contribution < 1.29 is 14.3 Å². The standard InChI is InChI=1S/C17H16BrNO3/c1-11-4-3-5-13(8-11)17(21)22-10-16(20)19-14-7-6-12(2)15(18)9-14/h3-9H,10H2,1-2H3,(H,19,20). The van der Waals surface area contributed by atoms with Crippen LogP contribution in [0.1, 0.15) is 21.5 Å². The van der Waals surface area contributed by atoms with E-state index in [-0.39, 0.29) is 12.5 Å². The number of nitrogens with one attached hydrogen (secondary N) is 1. The van der Waals surface area contributed by atoms with Crippen LogP contribution < -0.4 is 5.32 Å². The number of halogens is 1. The van der Waals surface area contributed by atoms with Gasteiger partial charge >= 0.3 is 5.97 Å². The van der Waals surface area contributed by atoms with Gasteiger partial charge in [0, 0.05) is 10.2 Å². The number of carbonyl (C=O) groups excluding carboxylic acids is 2. The van der Waals surface area contributed by atoms with Crippen molar-refractivity contribution >= 4 is 33.5 Å². The Morgan fingerprint density at radius 1 is 1.14 bits per heavy atom. The van der Waals surface area contributed by atoms with Gasteiger partial charge in [0.25, 0.3) is 5.91 Å². The summed E-state index contributed by atoms with van der Waals surface area (Å²) in [6.07, 6.45) is 0. The summed E-state index contributed by atoms with van der Waals surface area (Å²) in [5.74, 6) is -0.888. The highest BCUT2D eigenvalue weighted by atomic mass is 79.9. The maximum atomic E-state index is 11.8. The van der Waals surface area contributed by atoms with E-state index in [0.717, 1.165) is 15.6 Å². The molecule has 0 fully saturated rings. The van der Waals surface area contributed by atoms with E-state index in [1.54, 1.807) is 30.3 Å². The Morgan fingerprint density at radius 3 is 2.59 bits per heavy atom. The zero-order chi connectivity index (χ0) is 16.1. The molecule has 1 N–H and O–H groups in total. The normalized spacial score (nSPS) is 10.1. The van der Waals surface area contributed by atoms with Crippen LogP contribution in [0.2, 0.25) is 0 Å². The number of hydrogen-bond donors (Lipinski definition) is 1. The van der Waals surface area contributed by atoms with E-state index < -0.39 is 5.97 Å². The molecule has 0 heterocycles. The van der Waals surface area contributed by atoms with Gasteiger partial charge in [-0.25, -0.2) is 4.79 Å². The van der Waals surface area contributed by atoms with Gasteiger partial charge in [0.2, 0.25) is 0 Å². The first-order valence-corrected chi connectivity index (χ1v) is 7.55. The van der Waals surface area contributed by atoms with E-state index in [1.165, 1.54) is 0 Å². The lowest BCUT2D eigenvalue weighted by Crippen LogP contribution is -2.21. The molecule has 2 rings (SSSR count). The molecule has 0 aliphatic rings. The fraction of sp³-hybridized carbons (Fsp3) is 0.176. The molecule has 0 atom stereocenters. The van der Waals surface area contributed by atoms with Gasteiger partial charge in [-0.2, -0.15) is 0 Å². The Kier molecular flexibility index (Phi) is 5.33. The second kappa shape index (κ2) is 7.22. The molecule has 22 heavy (non-hydrogen) atoms. The first-order chi connectivity index (χ1) is 10.5. The van der Waals surface area contributed by atoms with Crippen LogP contribution in [-0.4, -0.2) is 18.5 Å². The first-order valence-electron chi connectivity index (χ1n) is 6.75. The van der Waals surface area contributed by atoms with Gasteiger partial charge < -0.3 is 10.1 Å². The second-order valence-electron chi connectivity index (χ2n) is 4.96. The van der Waals surface area contributed by atoms with Crippen molar-refractivity contribution in [3.8, 4) is 0 Å². The van der Waals surface area contributed by atoms with Crippen LogP contribution in [0.3, 0.4) is 0 Å². The van der Waals surface area contributed by atoms with Crippen molar-refractivity contribution in [1.29, 1.82) is 0 Å². The summed E-state index contributed by atoms with van der Waals surface area (Å²) < 4.78 is 5.91. The molecule has 0 aromatic heterocycles. The number of amides is 1. The number of anilines is 1. The number of carbonyl (C=O) groups is 2. The lowest BCUT2D eigenvalue weighted by Gasteiger charge is -2.08. The number of ether oxygens (including phenoxy) is 1. The number of hydrogen-bond acceptors (Lipinski definition) is 3. The molecule has 5 heteroatoms. The summed E-state index contributed by atoms with van der Waals surface area (Å²) >= 11 is 3.40. The van der Waals surface area contributed by atoms with Gasteiger partial charge in [-0.3, -0.25) is 4.79 Å². The third-order valence-electron chi connectivity index (χ3n) is 3.04. The molecule has 2 aromatic rings. The molecule has 114 valence electrons. The third kappa shape index (κ3) is 4.43. The Labute approximate surface area is 137 Å². The quantitative estimate of drug-likeness (QED) is 0.841.